The molecular weight excluding hydrogens is 227 g/mol. The smallest absolute Gasteiger partial charge is 0.224 e. The maximum atomic E-state index is 13.6. The molecule has 0 amide bonds. The molecule has 0 aliphatic rings. The van der Waals surface area contributed by atoms with Crippen molar-refractivity contribution < 1.29 is 4.39 Å². The lowest BCUT2D eigenvalue weighted by molar-refractivity contribution is 0.599. The maximum absolute atomic E-state index is 13.6. The van der Waals surface area contributed by atoms with E-state index in [1.54, 1.807) is 18.8 Å². The summed E-state index contributed by atoms with van der Waals surface area (Å²) in [6, 6.07) is 0.226. The predicted octanol–water partition coefficient (Wildman–Crippen LogP) is 1.85. The third-order valence-electron chi connectivity index (χ3n) is 2.35. The van der Waals surface area contributed by atoms with Gasteiger partial charge in [-0.25, -0.2) is 9.37 Å². The summed E-state index contributed by atoms with van der Waals surface area (Å²) in [5.41, 5.74) is 0. The van der Waals surface area contributed by atoms with Crippen LogP contribution in [0, 0.1) is 5.82 Å². The van der Waals surface area contributed by atoms with E-state index < -0.39 is 5.82 Å². The van der Waals surface area contributed by atoms with Gasteiger partial charge in [0.05, 0.1) is 6.20 Å². The van der Waals surface area contributed by atoms with E-state index in [0.29, 0.717) is 11.8 Å². The van der Waals surface area contributed by atoms with Gasteiger partial charge in [0.1, 0.15) is 0 Å². The predicted molar refractivity (Wildman–Crippen MR) is 67.8 cm³/mol. The highest BCUT2D eigenvalue weighted by Gasteiger charge is 2.16. The Balaban J connectivity index is 2.92. The van der Waals surface area contributed by atoms with Crippen molar-refractivity contribution in [2.24, 2.45) is 0 Å². The summed E-state index contributed by atoms with van der Waals surface area (Å²) < 4.78 is 13.6. The minimum Gasteiger partial charge on any atom is -0.357 e. The molecule has 1 aromatic heterocycles. The summed E-state index contributed by atoms with van der Waals surface area (Å²) in [5.74, 6) is 1.30. The van der Waals surface area contributed by atoms with Gasteiger partial charge in [-0.05, 0) is 13.2 Å². The molecular formula is C10H17FN4S. The molecule has 1 heterocycles. The minimum absolute atomic E-state index is 0.226. The van der Waals surface area contributed by atoms with E-state index in [1.165, 1.54) is 6.20 Å². The SMILES string of the molecule is CNc1ncc(F)c(N(C)C(C)CSC)n1. The van der Waals surface area contributed by atoms with Gasteiger partial charge >= 0.3 is 0 Å². The van der Waals surface area contributed by atoms with Crippen molar-refractivity contribution >= 4 is 23.5 Å². The van der Waals surface area contributed by atoms with Gasteiger partial charge < -0.3 is 10.2 Å². The van der Waals surface area contributed by atoms with Gasteiger partial charge in [-0.1, -0.05) is 0 Å². The number of nitrogens with one attached hydrogen (secondary N) is 1. The van der Waals surface area contributed by atoms with Crippen molar-refractivity contribution in [1.29, 1.82) is 0 Å². The molecule has 0 radical (unpaired) electrons. The lowest BCUT2D eigenvalue weighted by atomic mass is 10.3. The summed E-state index contributed by atoms with van der Waals surface area (Å²) in [6.45, 7) is 2.04. The van der Waals surface area contributed by atoms with Crippen LogP contribution in [0.15, 0.2) is 6.20 Å². The maximum Gasteiger partial charge on any atom is 0.224 e. The molecule has 0 aromatic carbocycles. The topological polar surface area (TPSA) is 41.1 Å². The number of rotatable bonds is 5. The Hall–Kier alpha value is -1.04. The Kier molecular flexibility index (Phi) is 4.79. The van der Waals surface area contributed by atoms with Crippen molar-refractivity contribution in [3.8, 4) is 0 Å². The van der Waals surface area contributed by atoms with E-state index in [0.717, 1.165) is 5.75 Å². The van der Waals surface area contributed by atoms with Crippen LogP contribution in [0.3, 0.4) is 0 Å². The molecule has 0 saturated carbocycles. The highest BCUT2D eigenvalue weighted by atomic mass is 32.2. The molecule has 1 aromatic rings. The largest absolute Gasteiger partial charge is 0.357 e. The average Bonchev–Trinajstić information content (AvgIpc) is 2.29. The lowest BCUT2D eigenvalue weighted by Crippen LogP contribution is -2.32. The first-order chi connectivity index (χ1) is 7.60. The zero-order valence-corrected chi connectivity index (χ0v) is 10.8. The quantitative estimate of drug-likeness (QED) is 0.856. The molecule has 0 fully saturated rings. The van der Waals surface area contributed by atoms with Crippen molar-refractivity contribution in [2.75, 3.05) is 36.3 Å². The van der Waals surface area contributed by atoms with E-state index in [1.807, 2.05) is 25.1 Å². The molecule has 1 atom stereocenters. The second kappa shape index (κ2) is 5.89. The van der Waals surface area contributed by atoms with Gasteiger partial charge in [0.15, 0.2) is 11.6 Å². The molecule has 6 heteroatoms. The molecule has 90 valence electrons. The summed E-state index contributed by atoms with van der Waals surface area (Å²) in [6.07, 6.45) is 3.22. The third-order valence-corrected chi connectivity index (χ3v) is 3.17. The number of halogens is 1. The molecule has 4 nitrogen and oxygen atoms in total. The number of thioether (sulfide) groups is 1. The van der Waals surface area contributed by atoms with Crippen LogP contribution >= 0.6 is 11.8 Å². The normalized spacial score (nSPS) is 12.3. The van der Waals surface area contributed by atoms with Crippen LogP contribution in [0.1, 0.15) is 6.92 Å². The van der Waals surface area contributed by atoms with Crippen LogP contribution in [-0.2, 0) is 0 Å². The Morgan fingerprint density at radius 2 is 2.31 bits per heavy atom. The summed E-state index contributed by atoms with van der Waals surface area (Å²) in [5, 5.41) is 2.80. The van der Waals surface area contributed by atoms with Gasteiger partial charge in [0.2, 0.25) is 5.95 Å². The second-order valence-electron chi connectivity index (χ2n) is 3.53. The van der Waals surface area contributed by atoms with E-state index in [9.17, 15) is 4.39 Å². The fourth-order valence-electron chi connectivity index (χ4n) is 1.29. The van der Waals surface area contributed by atoms with Gasteiger partial charge in [0.25, 0.3) is 0 Å². The fraction of sp³-hybridized carbons (Fsp3) is 0.600. The Labute approximate surface area is 99.7 Å². The minimum atomic E-state index is -0.394. The van der Waals surface area contributed by atoms with Crippen molar-refractivity contribution in [1.82, 2.24) is 9.97 Å². The number of anilines is 2. The van der Waals surface area contributed by atoms with Crippen LogP contribution in [-0.4, -0.2) is 42.1 Å². The molecule has 0 aliphatic carbocycles. The Morgan fingerprint density at radius 1 is 1.62 bits per heavy atom. The van der Waals surface area contributed by atoms with E-state index in [4.69, 9.17) is 0 Å². The van der Waals surface area contributed by atoms with Gasteiger partial charge in [0, 0.05) is 25.9 Å². The monoisotopic (exact) mass is 244 g/mol. The number of hydrogen-bond donors (Lipinski definition) is 1. The van der Waals surface area contributed by atoms with Crippen molar-refractivity contribution in [2.45, 2.75) is 13.0 Å². The highest BCUT2D eigenvalue weighted by molar-refractivity contribution is 7.98. The third kappa shape index (κ3) is 2.98. The molecule has 1 rings (SSSR count). The number of nitrogens with zero attached hydrogens (tertiary/aromatic N) is 3. The molecule has 1 N–H and O–H groups in total. The number of aromatic nitrogens is 2. The van der Waals surface area contributed by atoms with Crippen LogP contribution in [0.2, 0.25) is 0 Å². The summed E-state index contributed by atoms with van der Waals surface area (Å²) in [7, 11) is 3.55. The van der Waals surface area contributed by atoms with Crippen LogP contribution in [0.25, 0.3) is 0 Å². The van der Waals surface area contributed by atoms with Crippen LogP contribution in [0.4, 0.5) is 16.2 Å². The summed E-state index contributed by atoms with van der Waals surface area (Å²) >= 11 is 1.73. The van der Waals surface area contributed by atoms with E-state index in [-0.39, 0.29) is 6.04 Å². The van der Waals surface area contributed by atoms with Crippen LogP contribution < -0.4 is 10.2 Å². The summed E-state index contributed by atoms with van der Waals surface area (Å²) in [4.78, 5) is 9.76. The van der Waals surface area contributed by atoms with Crippen LogP contribution in [0.5, 0.6) is 0 Å². The van der Waals surface area contributed by atoms with E-state index in [2.05, 4.69) is 15.3 Å². The van der Waals surface area contributed by atoms with Gasteiger partial charge in [-0.2, -0.15) is 16.7 Å². The second-order valence-corrected chi connectivity index (χ2v) is 4.44. The lowest BCUT2D eigenvalue weighted by Gasteiger charge is -2.25. The van der Waals surface area contributed by atoms with Crippen molar-refractivity contribution in [3.05, 3.63) is 12.0 Å². The molecule has 0 bridgehead atoms. The first-order valence-corrected chi connectivity index (χ1v) is 6.41. The molecule has 1 unspecified atom stereocenters. The van der Waals surface area contributed by atoms with Gasteiger partial charge in [-0.15, -0.1) is 0 Å². The van der Waals surface area contributed by atoms with Gasteiger partial charge in [-0.3, -0.25) is 0 Å². The average molecular weight is 244 g/mol. The Bertz CT molecular complexity index is 348. The molecule has 0 spiro atoms. The first kappa shape index (κ1) is 13.0. The first-order valence-electron chi connectivity index (χ1n) is 5.02. The van der Waals surface area contributed by atoms with Crippen molar-refractivity contribution in [3.63, 3.8) is 0 Å². The zero-order chi connectivity index (χ0) is 12.1. The van der Waals surface area contributed by atoms with E-state index >= 15 is 0 Å². The Morgan fingerprint density at radius 3 is 2.88 bits per heavy atom. The zero-order valence-electron chi connectivity index (χ0n) is 9.99. The fourth-order valence-corrected chi connectivity index (χ4v) is 1.99. The molecule has 16 heavy (non-hydrogen) atoms. The molecule has 0 aliphatic heterocycles. The standard InChI is InChI=1S/C10H17FN4S/c1-7(6-16-4)15(3)9-8(11)5-13-10(12-2)14-9/h5,7H,6H2,1-4H3,(H,12,13,14). The molecule has 0 saturated heterocycles. The number of hydrogen-bond acceptors (Lipinski definition) is 5. The highest BCUT2D eigenvalue weighted by Crippen LogP contribution is 2.19.